The summed E-state index contributed by atoms with van der Waals surface area (Å²) in [5.74, 6) is -0.699. The number of carbonyl (C=O) groups excluding carboxylic acids is 2. The molecule has 0 spiro atoms. The van der Waals surface area contributed by atoms with E-state index in [2.05, 4.69) is 84.5 Å². The Morgan fingerprint density at radius 1 is 0.495 bits per heavy atom. The number of hydrogen-bond donors (Lipinski definition) is 9. The smallest absolute Gasteiger partial charge is 0.376 e. The fourth-order valence-electron chi connectivity index (χ4n) is 10.9. The number of nitrogens with one attached hydrogen (secondary N) is 3. The van der Waals surface area contributed by atoms with Gasteiger partial charge in [0.15, 0.2) is 11.4 Å². The summed E-state index contributed by atoms with van der Waals surface area (Å²) in [4.78, 5) is 72.7. The molecule has 0 radical (unpaired) electrons. The standard InChI is InChI=1S/C16H22BN5O3S.C15H19N5O2S.C12H18BN3O3S.C12H20BN3OS.C7H6BrNO2S/c1-17(24)22-7-5-21(6-8-22)11-3-4-14(26-2)12(9-11)19-15(23)13-10-25-16(18)20-13;1-23-13-3-2-10(20-6-4-17-5-7-20)8-11(13)18-14(21)12-9-22-15(16)19-12;1-13(17)15-7-5-14(6-8-15)10-3-4-12(20-2)11(9-10)16(18)19;1-13(17)16-7-5-15(6-8-16)10-3-4-12(18-2)11(14)9-10;1-12-7-3-2-5(8)4-6(7)9(10)11/h3-4,9-10,24H,5-8H2,1-2H3,(H2,18,20)(H,19,23);2-3,8-9,17H,4-7H2,1H3,(H2,16,19)(H,18,21);3-4,9,17H,5-8H2,1-2H3;3-4,9,17H,5-8,14H2,1-2H3;2-4H,1H3. The highest BCUT2D eigenvalue weighted by molar-refractivity contribution is 9.10. The molecule has 530 valence electrons. The number of nitrogens with zero attached hydrogens (tertiary/aromatic N) is 11. The Morgan fingerprint density at radius 3 is 1.15 bits per heavy atom. The van der Waals surface area contributed by atoms with Crippen molar-refractivity contribution < 1.29 is 43.3 Å². The zero-order valence-electron chi connectivity index (χ0n) is 56.5. The first kappa shape index (κ1) is 79.3. The maximum absolute atomic E-state index is 12.4. The van der Waals surface area contributed by atoms with Gasteiger partial charge in [0, 0.05) is 164 Å². The number of thioether (sulfide) groups is 5. The van der Waals surface area contributed by atoms with Crippen molar-refractivity contribution in [3.05, 3.63) is 140 Å². The number of aromatic nitrogens is 2. The summed E-state index contributed by atoms with van der Waals surface area (Å²) < 4.78 is 10.5. The minimum absolute atomic E-state index is 0.0187. The number of benzene rings is 5. The van der Waals surface area contributed by atoms with Crippen LogP contribution in [0.4, 0.5) is 63.2 Å². The van der Waals surface area contributed by atoms with Crippen molar-refractivity contribution >= 4 is 171 Å². The largest absolute Gasteiger partial charge is 0.437 e. The number of amides is 2. The fourth-order valence-corrected chi connectivity index (χ4v) is 13.9. The van der Waals surface area contributed by atoms with E-state index in [4.69, 9.17) is 26.0 Å². The summed E-state index contributed by atoms with van der Waals surface area (Å²) in [6.45, 7) is 19.1. The lowest BCUT2D eigenvalue weighted by Crippen LogP contribution is -2.51. The van der Waals surface area contributed by atoms with E-state index in [0.29, 0.717) is 9.79 Å². The summed E-state index contributed by atoms with van der Waals surface area (Å²) in [5, 5.41) is 59.5. The van der Waals surface area contributed by atoms with Crippen LogP contribution in [-0.4, -0.2) is 218 Å². The Balaban J connectivity index is 0.000000177. The predicted molar refractivity (Wildman–Crippen MR) is 412 cm³/mol. The summed E-state index contributed by atoms with van der Waals surface area (Å²) in [6.07, 6.45) is 12.1. The fraction of sp³-hybridized carbons (Fsp3) is 0.387. The molecule has 7 aromatic rings. The van der Waals surface area contributed by atoms with Gasteiger partial charge in [-0.15, -0.1) is 58.8 Å². The summed E-state index contributed by atoms with van der Waals surface area (Å²) in [6, 6.07) is 28.7. The lowest BCUT2D eigenvalue weighted by atomic mass is 9.84. The second kappa shape index (κ2) is 39.3. The Hall–Kier alpha value is -7.00. The third-order valence-electron chi connectivity index (χ3n) is 16.4. The van der Waals surface area contributed by atoms with Gasteiger partial charge in [-0.05, 0) is 131 Å². The number of halogens is 1. The van der Waals surface area contributed by atoms with Crippen LogP contribution in [0, 0.1) is 20.2 Å². The van der Waals surface area contributed by atoms with Gasteiger partial charge in [0.05, 0.1) is 31.0 Å². The van der Waals surface area contributed by atoms with Crippen LogP contribution in [-0.2, 0) is 0 Å². The molecule has 0 aliphatic carbocycles. The van der Waals surface area contributed by atoms with Crippen LogP contribution < -0.4 is 52.8 Å². The maximum atomic E-state index is 12.4. The van der Waals surface area contributed by atoms with E-state index in [-0.39, 0.29) is 63.5 Å². The predicted octanol–water partition coefficient (Wildman–Crippen LogP) is 8.96. The number of carbonyl (C=O) groups is 2. The molecule has 0 unspecified atom stereocenters. The molecule has 2 aromatic heterocycles. The number of nitrogen functional groups attached to an aromatic ring is 3. The summed E-state index contributed by atoms with van der Waals surface area (Å²) in [5.41, 5.74) is 24.0. The van der Waals surface area contributed by atoms with Crippen molar-refractivity contribution in [1.29, 1.82) is 0 Å². The van der Waals surface area contributed by atoms with Crippen molar-refractivity contribution in [2.75, 3.05) is 183 Å². The Kier molecular flexibility index (Phi) is 31.5. The Bertz CT molecular complexity index is 3790. The molecule has 0 saturated carbocycles. The van der Waals surface area contributed by atoms with Crippen molar-refractivity contribution in [2.24, 2.45) is 0 Å². The van der Waals surface area contributed by atoms with Crippen molar-refractivity contribution in [1.82, 2.24) is 29.7 Å². The minimum Gasteiger partial charge on any atom is -0.437 e. The van der Waals surface area contributed by atoms with Gasteiger partial charge in [0.2, 0.25) is 0 Å². The molecule has 4 aliphatic heterocycles. The molecule has 0 atom stereocenters. The quantitative estimate of drug-likeness (QED) is 0.0127. The number of nitro groups is 2. The zero-order valence-corrected chi connectivity index (χ0v) is 62.2. The SMILES string of the molecule is CSc1ccc(Br)cc1[N+](=O)[O-].CSc1ccc(N2CCN(B(C)O)CC2)cc1N.CSc1ccc(N2CCN(B(C)O)CC2)cc1NC(=O)c1coc(N)n1.CSc1ccc(N2CCN(B(C)O)CC2)cc1[N+](=O)[O-].CSc1ccc(N2CCNCC2)cc1NC(=O)c1coc(N)n1. The van der Waals surface area contributed by atoms with Crippen LogP contribution in [0.5, 0.6) is 0 Å². The third kappa shape index (κ3) is 23.3. The number of oxazole rings is 2. The van der Waals surface area contributed by atoms with Crippen molar-refractivity contribution in [3.8, 4) is 0 Å². The molecule has 5 aromatic carbocycles. The van der Waals surface area contributed by atoms with Crippen LogP contribution in [0.25, 0.3) is 0 Å². The molecule has 0 bridgehead atoms. The van der Waals surface area contributed by atoms with E-state index in [9.17, 15) is 44.9 Å². The van der Waals surface area contributed by atoms with Crippen molar-refractivity contribution in [3.63, 3.8) is 0 Å². The number of nitro benzene ring substituents is 2. The van der Waals surface area contributed by atoms with Crippen LogP contribution >= 0.6 is 74.7 Å². The van der Waals surface area contributed by atoms with E-state index in [1.165, 1.54) is 47.8 Å². The highest BCUT2D eigenvalue weighted by Gasteiger charge is 2.27. The number of nitrogens with two attached hydrogens (primary N) is 3. The molecular weight excluding hydrogens is 1430 g/mol. The highest BCUT2D eigenvalue weighted by Crippen LogP contribution is 2.36. The number of piperazine rings is 4. The van der Waals surface area contributed by atoms with Gasteiger partial charge in [0.1, 0.15) is 12.5 Å². The van der Waals surface area contributed by atoms with Gasteiger partial charge in [-0.2, -0.15) is 9.97 Å². The maximum Gasteiger partial charge on any atom is 0.376 e. The number of hydrogen-bond acceptors (Lipinski definition) is 29. The number of anilines is 9. The van der Waals surface area contributed by atoms with Gasteiger partial charge in [0.25, 0.3) is 35.2 Å². The lowest BCUT2D eigenvalue weighted by Gasteiger charge is -2.36. The molecule has 4 saturated heterocycles. The molecule has 99 heavy (non-hydrogen) atoms. The van der Waals surface area contributed by atoms with Crippen LogP contribution in [0.3, 0.4) is 0 Å². The monoisotopic (exact) mass is 1520 g/mol. The zero-order chi connectivity index (χ0) is 71.9. The first-order valence-corrected chi connectivity index (χ1v) is 38.5. The average molecular weight is 1520 g/mol. The van der Waals surface area contributed by atoms with Crippen LogP contribution in [0.15, 0.2) is 141 Å². The summed E-state index contributed by atoms with van der Waals surface area (Å²) in [7, 11) is -1.22. The first-order chi connectivity index (χ1) is 47.4. The molecule has 28 nitrogen and oxygen atoms in total. The molecule has 37 heteroatoms. The van der Waals surface area contributed by atoms with E-state index in [1.54, 1.807) is 73.2 Å². The number of rotatable bonds is 18. The van der Waals surface area contributed by atoms with E-state index >= 15 is 0 Å². The van der Waals surface area contributed by atoms with Gasteiger partial charge < -0.3 is 91.1 Å². The molecular formula is C62H85B3BrN17O11S5. The molecule has 4 fully saturated rings. The Labute approximate surface area is 607 Å². The van der Waals surface area contributed by atoms with Gasteiger partial charge >= 0.3 is 21.2 Å². The van der Waals surface area contributed by atoms with Crippen LogP contribution in [0.2, 0.25) is 20.5 Å². The van der Waals surface area contributed by atoms with Crippen LogP contribution in [0.1, 0.15) is 21.0 Å². The van der Waals surface area contributed by atoms with Gasteiger partial charge in [-0.25, -0.2) is 0 Å². The molecule has 12 N–H and O–H groups in total. The van der Waals surface area contributed by atoms with Gasteiger partial charge in [-0.1, -0.05) is 15.9 Å². The Morgan fingerprint density at radius 2 is 0.818 bits per heavy atom. The molecule has 11 rings (SSSR count). The van der Waals surface area contributed by atoms with Gasteiger partial charge in [-0.3, -0.25) is 29.8 Å². The van der Waals surface area contributed by atoms with Crippen molar-refractivity contribution in [2.45, 2.75) is 44.9 Å². The molecule has 4 aliphatic rings. The normalized spacial score (nSPS) is 14.9. The third-order valence-corrected chi connectivity index (χ3v) is 20.9. The topological polar surface area (TPSA) is 370 Å². The van der Waals surface area contributed by atoms with E-state index < -0.39 is 14.1 Å². The second-order valence-electron chi connectivity index (χ2n) is 22.6. The minimum atomic E-state index is -0.439. The lowest BCUT2D eigenvalue weighted by molar-refractivity contribution is -0.387. The van der Waals surface area contributed by atoms with E-state index in [1.807, 2.05) is 90.2 Å². The first-order valence-electron chi connectivity index (χ1n) is 31.6. The second-order valence-corrected chi connectivity index (χ2v) is 27.8. The average Bonchev–Trinajstić information content (AvgIpc) is 1.87. The summed E-state index contributed by atoms with van der Waals surface area (Å²) >= 11 is 10.7. The van der Waals surface area contributed by atoms with E-state index in [0.717, 1.165) is 158 Å². The highest BCUT2D eigenvalue weighted by atomic mass is 79.9. The molecule has 6 heterocycles. The molecule has 2 amide bonds.